The Morgan fingerprint density at radius 3 is 1.30 bits per heavy atom. The molecule has 2 atom stereocenters. The molecule has 0 N–H and O–H groups in total. The van der Waals surface area contributed by atoms with Gasteiger partial charge in [-0.2, -0.15) is 11.1 Å². The van der Waals surface area contributed by atoms with E-state index in [4.69, 9.17) is 11.1 Å². The summed E-state index contributed by atoms with van der Waals surface area (Å²) in [6, 6.07) is 44.4. The van der Waals surface area contributed by atoms with Gasteiger partial charge in [0, 0.05) is 11.1 Å². The average molecular weight is 589 g/mol. The van der Waals surface area contributed by atoms with E-state index in [1.807, 2.05) is 0 Å². The van der Waals surface area contributed by atoms with Crippen molar-refractivity contribution >= 4 is 52.2 Å². The van der Waals surface area contributed by atoms with Gasteiger partial charge >= 0.3 is 0 Å². The van der Waals surface area contributed by atoms with E-state index >= 15 is 0 Å². The summed E-state index contributed by atoms with van der Waals surface area (Å²) in [5, 5.41) is 5.14. The van der Waals surface area contributed by atoms with Crippen LogP contribution in [-0.4, -0.2) is 7.38 Å². The minimum absolute atomic E-state index is 0.236. The number of benzene rings is 6. The van der Waals surface area contributed by atoms with Crippen molar-refractivity contribution < 1.29 is 0 Å². The second-order valence-electron chi connectivity index (χ2n) is 12.5. The molecule has 2 aliphatic carbocycles. The summed E-state index contributed by atoms with van der Waals surface area (Å²) in [6.45, 7) is 7.00. The van der Waals surface area contributed by atoms with Crippen molar-refractivity contribution in [2.45, 2.75) is 31.5 Å². The molecule has 2 unspecified atom stereocenters. The highest BCUT2D eigenvalue weighted by Crippen LogP contribution is 2.56. The van der Waals surface area contributed by atoms with Gasteiger partial charge in [-0.3, -0.25) is 0 Å². The number of hydrogen-bond donors (Lipinski definition) is 0. The Bertz CT molecular complexity index is 1980. The second kappa shape index (κ2) is 9.94. The number of halogens is 1. The van der Waals surface area contributed by atoms with E-state index in [0.29, 0.717) is 0 Å². The summed E-state index contributed by atoms with van der Waals surface area (Å²) in [5.74, 6) is 0. The van der Waals surface area contributed by atoms with Gasteiger partial charge < -0.3 is 0 Å². The van der Waals surface area contributed by atoms with Crippen LogP contribution in [0.5, 0.6) is 0 Å². The first-order valence-electron chi connectivity index (χ1n) is 15.2. The first kappa shape index (κ1) is 26.5. The molecule has 0 aromatic heterocycles. The molecule has 2 heteroatoms. The van der Waals surface area contributed by atoms with E-state index in [1.54, 1.807) is 0 Å². The zero-order valence-corrected chi connectivity index (χ0v) is 26.5. The molecule has 0 heterocycles. The Labute approximate surface area is 259 Å². The summed E-state index contributed by atoms with van der Waals surface area (Å²) in [4.78, 5) is 0. The fraction of sp³-hybridized carbons (Fsp3) is 0.122. The zero-order valence-electron chi connectivity index (χ0n) is 24.7. The summed E-state index contributed by atoms with van der Waals surface area (Å²) >= 11 is 8.04. The molecule has 0 fully saturated rings. The molecule has 0 saturated carbocycles. The van der Waals surface area contributed by atoms with Gasteiger partial charge in [-0.25, -0.2) is 0 Å². The maximum Gasteiger partial charge on any atom is 0.176 e. The monoisotopic (exact) mass is 588 g/mol. The molecular formula is C41H33ClSi. The minimum atomic E-state index is -2.49. The van der Waals surface area contributed by atoms with E-state index in [1.165, 1.54) is 77.2 Å². The highest BCUT2D eigenvalue weighted by atomic mass is 35.6. The van der Waals surface area contributed by atoms with E-state index < -0.39 is 7.38 Å². The smallest absolute Gasteiger partial charge is 0.165 e. The first-order chi connectivity index (χ1) is 20.9. The third kappa shape index (κ3) is 4.03. The van der Waals surface area contributed by atoms with Crippen molar-refractivity contribution in [3.63, 3.8) is 0 Å². The Balaban J connectivity index is 1.25. The van der Waals surface area contributed by atoms with Crippen LogP contribution in [-0.2, 0) is 0 Å². The molecule has 0 saturated heterocycles. The molecule has 0 nitrogen and oxygen atoms in total. The topological polar surface area (TPSA) is 0 Å². The van der Waals surface area contributed by atoms with Crippen LogP contribution in [0.1, 0.15) is 47.2 Å². The largest absolute Gasteiger partial charge is 0.176 e. The van der Waals surface area contributed by atoms with Crippen molar-refractivity contribution in [2.24, 2.45) is 0 Å². The fourth-order valence-electron chi connectivity index (χ4n) is 8.16. The van der Waals surface area contributed by atoms with E-state index in [2.05, 4.69) is 154 Å². The van der Waals surface area contributed by atoms with Crippen LogP contribution in [0.2, 0.25) is 6.55 Å². The van der Waals surface area contributed by atoms with Crippen LogP contribution in [0.25, 0.3) is 56.0 Å². The van der Waals surface area contributed by atoms with Crippen molar-refractivity contribution in [2.75, 3.05) is 0 Å². The molecule has 8 rings (SSSR count). The number of rotatable bonds is 4. The Kier molecular flexibility index (Phi) is 6.12. The summed E-state index contributed by atoms with van der Waals surface area (Å²) in [7, 11) is -2.49. The highest BCUT2D eigenvalue weighted by Gasteiger charge is 2.50. The maximum absolute atomic E-state index is 8.04. The van der Waals surface area contributed by atoms with Crippen molar-refractivity contribution in [1.29, 1.82) is 0 Å². The normalized spacial score (nSPS) is 18.7. The molecule has 6 aromatic carbocycles. The van der Waals surface area contributed by atoms with Crippen LogP contribution in [0, 0.1) is 0 Å². The standard InChI is InChI=1S/C41H33ClSi/c1-26-24-38-34(32-18-8-14-28-12-4-6-16-30(28)32)20-10-22-36(38)40(26)43(3,42)41-27(2)25-39-35(21-11-23-37(39)41)33-19-9-15-29-13-5-7-17-31(29)33/h4-25,40-41H,1-3H3. The first-order valence-corrected chi connectivity index (χ1v) is 18.9. The average Bonchev–Trinajstić information content (AvgIpc) is 3.56. The number of allylic oxidation sites excluding steroid dienone is 2. The Morgan fingerprint density at radius 1 is 0.465 bits per heavy atom. The predicted octanol–water partition coefficient (Wildman–Crippen LogP) is 11.9. The van der Waals surface area contributed by atoms with Crippen LogP contribution in [0.15, 0.2) is 132 Å². The van der Waals surface area contributed by atoms with E-state index in [-0.39, 0.29) is 11.1 Å². The highest BCUT2D eigenvalue weighted by molar-refractivity contribution is 7.21. The molecular weight excluding hydrogens is 556 g/mol. The number of hydrogen-bond acceptors (Lipinski definition) is 0. The van der Waals surface area contributed by atoms with Gasteiger partial charge in [-0.1, -0.05) is 151 Å². The van der Waals surface area contributed by atoms with Crippen LogP contribution in [0.3, 0.4) is 0 Å². The lowest BCUT2D eigenvalue weighted by molar-refractivity contribution is 0.994. The van der Waals surface area contributed by atoms with Crippen LogP contribution >= 0.6 is 11.1 Å². The van der Waals surface area contributed by atoms with Gasteiger partial charge in [0.1, 0.15) is 0 Å². The van der Waals surface area contributed by atoms with Crippen molar-refractivity contribution in [1.82, 2.24) is 0 Å². The quantitative estimate of drug-likeness (QED) is 0.142. The van der Waals surface area contributed by atoms with Gasteiger partial charge in [0.15, 0.2) is 7.38 Å². The fourth-order valence-corrected chi connectivity index (χ4v) is 13.9. The molecule has 0 bridgehead atoms. The maximum atomic E-state index is 8.04. The summed E-state index contributed by atoms with van der Waals surface area (Å²) < 4.78 is 0. The van der Waals surface area contributed by atoms with Gasteiger partial charge in [0.25, 0.3) is 0 Å². The predicted molar refractivity (Wildman–Crippen MR) is 189 cm³/mol. The van der Waals surface area contributed by atoms with Gasteiger partial charge in [-0.15, -0.1) is 0 Å². The van der Waals surface area contributed by atoms with Crippen molar-refractivity contribution in [3.05, 3.63) is 155 Å². The molecule has 0 spiro atoms. The molecule has 6 aromatic rings. The van der Waals surface area contributed by atoms with Crippen LogP contribution < -0.4 is 0 Å². The molecule has 0 amide bonds. The second-order valence-corrected chi connectivity index (χ2v) is 18.4. The van der Waals surface area contributed by atoms with Gasteiger partial charge in [-0.05, 0) is 79.9 Å². The number of fused-ring (bicyclic) bond motifs is 4. The lowest BCUT2D eigenvalue weighted by Gasteiger charge is -2.36. The van der Waals surface area contributed by atoms with Crippen molar-refractivity contribution in [3.8, 4) is 22.3 Å². The molecule has 0 radical (unpaired) electrons. The van der Waals surface area contributed by atoms with E-state index in [9.17, 15) is 0 Å². The van der Waals surface area contributed by atoms with Crippen LogP contribution in [0.4, 0.5) is 0 Å². The van der Waals surface area contributed by atoms with Gasteiger partial charge in [0.2, 0.25) is 0 Å². The minimum Gasteiger partial charge on any atom is -0.165 e. The Morgan fingerprint density at radius 2 is 0.837 bits per heavy atom. The lowest BCUT2D eigenvalue weighted by atomic mass is 9.93. The molecule has 43 heavy (non-hydrogen) atoms. The third-order valence-electron chi connectivity index (χ3n) is 9.84. The molecule has 2 aliphatic rings. The SMILES string of the molecule is CC1=Cc2c(-c3cccc4ccccc34)cccc2C1[Si](C)(Cl)C1C(C)=Cc2c(-c3cccc4ccccc34)cccc21. The lowest BCUT2D eigenvalue weighted by Crippen LogP contribution is -2.40. The molecule has 208 valence electrons. The van der Waals surface area contributed by atoms with Gasteiger partial charge in [0.05, 0.1) is 0 Å². The summed E-state index contributed by atoms with van der Waals surface area (Å²) in [5.41, 5.74) is 13.9. The zero-order chi connectivity index (χ0) is 29.3. The van der Waals surface area contributed by atoms with E-state index in [0.717, 1.165) is 0 Å². The third-order valence-corrected chi connectivity index (χ3v) is 14.9. The summed E-state index contributed by atoms with van der Waals surface area (Å²) in [6.07, 6.45) is 4.85. The Hall–Kier alpha value is -4.17. The molecule has 0 aliphatic heterocycles.